The second kappa shape index (κ2) is 8.95. The molecular formula is C18H21NO5S2. The molecule has 2 aromatic rings. The molecule has 0 saturated carbocycles. The molecule has 0 atom stereocenters. The first-order valence-corrected chi connectivity index (χ1v) is 11.1. The van der Waals surface area contributed by atoms with Crippen LogP contribution in [0.1, 0.15) is 30.1 Å². The van der Waals surface area contributed by atoms with Gasteiger partial charge < -0.3 is 10.1 Å². The number of amides is 1. The van der Waals surface area contributed by atoms with E-state index in [2.05, 4.69) is 5.32 Å². The van der Waals surface area contributed by atoms with Crippen LogP contribution in [0.15, 0.2) is 35.7 Å². The summed E-state index contributed by atoms with van der Waals surface area (Å²) in [4.78, 5) is 24.5. The van der Waals surface area contributed by atoms with E-state index in [1.54, 1.807) is 12.3 Å². The van der Waals surface area contributed by atoms with Crippen LogP contribution in [0.25, 0.3) is 11.1 Å². The molecule has 140 valence electrons. The zero-order valence-corrected chi connectivity index (χ0v) is 16.3. The molecule has 0 aliphatic carbocycles. The predicted molar refractivity (Wildman–Crippen MR) is 103 cm³/mol. The van der Waals surface area contributed by atoms with Gasteiger partial charge in [-0.05, 0) is 18.9 Å². The molecule has 8 heteroatoms. The standard InChI is InChI=1S/C18H21NO5S2/c1-3-24-18(21)16-14(13-8-5-4-6-9-13)12-25-17(16)19-15(20)10-7-11-26(2,22)23/h4-6,8-9,12H,3,7,10-11H2,1-2H3,(H,19,20). The molecule has 2 rings (SSSR count). The van der Waals surface area contributed by atoms with Crippen molar-refractivity contribution in [3.8, 4) is 11.1 Å². The van der Waals surface area contributed by atoms with Gasteiger partial charge in [-0.25, -0.2) is 13.2 Å². The van der Waals surface area contributed by atoms with Gasteiger partial charge in [0.1, 0.15) is 20.4 Å². The largest absolute Gasteiger partial charge is 0.462 e. The smallest absolute Gasteiger partial charge is 0.341 e. The van der Waals surface area contributed by atoms with E-state index in [-0.39, 0.29) is 31.1 Å². The summed E-state index contributed by atoms with van der Waals surface area (Å²) in [6, 6.07) is 9.37. The quantitative estimate of drug-likeness (QED) is 0.692. The molecule has 1 N–H and O–H groups in total. The summed E-state index contributed by atoms with van der Waals surface area (Å²) in [5, 5.41) is 4.92. The molecular weight excluding hydrogens is 374 g/mol. The maximum absolute atomic E-state index is 12.4. The molecule has 1 amide bonds. The summed E-state index contributed by atoms with van der Waals surface area (Å²) in [6.45, 7) is 1.94. The molecule has 1 aromatic carbocycles. The summed E-state index contributed by atoms with van der Waals surface area (Å²) < 4.78 is 27.4. The average molecular weight is 396 g/mol. The molecule has 6 nitrogen and oxygen atoms in total. The summed E-state index contributed by atoms with van der Waals surface area (Å²) in [5.74, 6) is -0.884. The van der Waals surface area contributed by atoms with E-state index in [1.165, 1.54) is 11.3 Å². The van der Waals surface area contributed by atoms with Gasteiger partial charge in [-0.1, -0.05) is 30.3 Å². The lowest BCUT2D eigenvalue weighted by atomic mass is 10.0. The SMILES string of the molecule is CCOC(=O)c1c(-c2ccccc2)csc1NC(=O)CCCS(C)(=O)=O. The normalized spacial score (nSPS) is 11.2. The fourth-order valence-corrected chi connectivity index (χ4v) is 4.01. The first-order valence-electron chi connectivity index (χ1n) is 8.13. The highest BCUT2D eigenvalue weighted by Gasteiger charge is 2.22. The molecule has 26 heavy (non-hydrogen) atoms. The van der Waals surface area contributed by atoms with Gasteiger partial charge in [-0.2, -0.15) is 0 Å². The summed E-state index contributed by atoms with van der Waals surface area (Å²) in [6.07, 6.45) is 1.43. The zero-order valence-electron chi connectivity index (χ0n) is 14.7. The van der Waals surface area contributed by atoms with E-state index in [4.69, 9.17) is 4.74 Å². The number of carbonyl (C=O) groups excluding carboxylic acids is 2. The van der Waals surface area contributed by atoms with Gasteiger partial charge in [0.25, 0.3) is 0 Å². The number of carbonyl (C=O) groups is 2. The van der Waals surface area contributed by atoms with Gasteiger partial charge in [0, 0.05) is 23.6 Å². The lowest BCUT2D eigenvalue weighted by Gasteiger charge is -2.09. The second-order valence-corrected chi connectivity index (χ2v) is 8.86. The number of hydrogen-bond donors (Lipinski definition) is 1. The highest BCUT2D eigenvalue weighted by atomic mass is 32.2. The molecule has 0 unspecified atom stereocenters. The van der Waals surface area contributed by atoms with Crippen LogP contribution in [-0.4, -0.2) is 38.9 Å². The van der Waals surface area contributed by atoms with Crippen molar-refractivity contribution >= 4 is 38.1 Å². The van der Waals surface area contributed by atoms with Crippen LogP contribution in [0.5, 0.6) is 0 Å². The highest BCUT2D eigenvalue weighted by Crippen LogP contribution is 2.36. The average Bonchev–Trinajstić information content (AvgIpc) is 2.98. The Kier molecular flexibility index (Phi) is 6.93. The van der Waals surface area contributed by atoms with Crippen molar-refractivity contribution in [2.45, 2.75) is 19.8 Å². The minimum atomic E-state index is -3.11. The molecule has 1 heterocycles. The minimum absolute atomic E-state index is 0.0507. The Hall–Kier alpha value is -2.19. The van der Waals surface area contributed by atoms with Crippen LogP contribution < -0.4 is 5.32 Å². The van der Waals surface area contributed by atoms with Crippen LogP contribution in [-0.2, 0) is 19.4 Å². The monoisotopic (exact) mass is 395 g/mol. The molecule has 0 spiro atoms. The number of benzene rings is 1. The van der Waals surface area contributed by atoms with E-state index in [0.29, 0.717) is 16.1 Å². The van der Waals surface area contributed by atoms with Crippen LogP contribution in [0.3, 0.4) is 0 Å². The van der Waals surface area contributed by atoms with Gasteiger partial charge in [-0.3, -0.25) is 4.79 Å². The number of nitrogens with one attached hydrogen (secondary N) is 1. The topological polar surface area (TPSA) is 89.5 Å². The second-order valence-electron chi connectivity index (χ2n) is 5.72. The van der Waals surface area contributed by atoms with E-state index in [0.717, 1.165) is 11.8 Å². The van der Waals surface area contributed by atoms with Gasteiger partial charge in [0.05, 0.1) is 12.4 Å². The Labute approximate surface area is 157 Å². The third-order valence-corrected chi connectivity index (χ3v) is 5.45. The molecule has 0 aliphatic heterocycles. The molecule has 0 saturated heterocycles. The van der Waals surface area contributed by atoms with Gasteiger partial charge >= 0.3 is 5.97 Å². The fraction of sp³-hybridized carbons (Fsp3) is 0.333. The van der Waals surface area contributed by atoms with E-state index in [1.807, 2.05) is 30.3 Å². The maximum atomic E-state index is 12.4. The van der Waals surface area contributed by atoms with Crippen LogP contribution in [0.4, 0.5) is 5.00 Å². The number of sulfone groups is 1. The Morgan fingerprint density at radius 2 is 1.88 bits per heavy atom. The lowest BCUT2D eigenvalue weighted by molar-refractivity contribution is -0.116. The fourth-order valence-electron chi connectivity index (χ4n) is 2.37. The zero-order chi connectivity index (χ0) is 19.2. The van der Waals surface area contributed by atoms with Crippen LogP contribution in [0, 0.1) is 0 Å². The molecule has 0 radical (unpaired) electrons. The van der Waals surface area contributed by atoms with E-state index < -0.39 is 15.8 Å². The van der Waals surface area contributed by atoms with Crippen molar-refractivity contribution in [3.05, 3.63) is 41.3 Å². The number of ether oxygens (including phenoxy) is 1. The third kappa shape index (κ3) is 5.67. The third-order valence-electron chi connectivity index (χ3n) is 3.53. The molecule has 0 aliphatic rings. The first-order chi connectivity index (χ1) is 12.3. The first kappa shape index (κ1) is 20.1. The number of rotatable bonds is 8. The molecule has 1 aromatic heterocycles. The van der Waals surface area contributed by atoms with Gasteiger partial charge in [-0.15, -0.1) is 11.3 Å². The van der Waals surface area contributed by atoms with E-state index >= 15 is 0 Å². The van der Waals surface area contributed by atoms with Crippen molar-refractivity contribution in [3.63, 3.8) is 0 Å². The number of esters is 1. The van der Waals surface area contributed by atoms with Crippen LogP contribution >= 0.6 is 11.3 Å². The number of thiophene rings is 1. The number of anilines is 1. The Morgan fingerprint density at radius 1 is 1.19 bits per heavy atom. The summed E-state index contributed by atoms with van der Waals surface area (Å²) >= 11 is 1.24. The Morgan fingerprint density at radius 3 is 2.50 bits per heavy atom. The Balaban J connectivity index is 2.21. The van der Waals surface area contributed by atoms with Crippen molar-refractivity contribution < 1.29 is 22.7 Å². The highest BCUT2D eigenvalue weighted by molar-refractivity contribution is 7.90. The maximum Gasteiger partial charge on any atom is 0.341 e. The lowest BCUT2D eigenvalue weighted by Crippen LogP contribution is -2.15. The van der Waals surface area contributed by atoms with Crippen molar-refractivity contribution in [1.29, 1.82) is 0 Å². The summed E-state index contributed by atoms with van der Waals surface area (Å²) in [7, 11) is -3.11. The van der Waals surface area contributed by atoms with Gasteiger partial charge in [0.15, 0.2) is 0 Å². The van der Waals surface area contributed by atoms with Crippen molar-refractivity contribution in [2.75, 3.05) is 23.9 Å². The van der Waals surface area contributed by atoms with Crippen molar-refractivity contribution in [1.82, 2.24) is 0 Å². The molecule has 0 fully saturated rings. The van der Waals surface area contributed by atoms with Crippen molar-refractivity contribution in [2.24, 2.45) is 0 Å². The Bertz CT molecular complexity index is 872. The van der Waals surface area contributed by atoms with Crippen LogP contribution in [0.2, 0.25) is 0 Å². The number of hydrogen-bond acceptors (Lipinski definition) is 6. The minimum Gasteiger partial charge on any atom is -0.462 e. The predicted octanol–water partition coefficient (Wildman–Crippen LogP) is 3.36. The van der Waals surface area contributed by atoms with Gasteiger partial charge in [0.2, 0.25) is 5.91 Å². The molecule has 0 bridgehead atoms. The summed E-state index contributed by atoms with van der Waals surface area (Å²) in [5.41, 5.74) is 1.87. The van der Waals surface area contributed by atoms with E-state index in [9.17, 15) is 18.0 Å².